The van der Waals surface area contributed by atoms with Gasteiger partial charge in [-0.3, -0.25) is 9.36 Å². The molecular formula is C22H27ClN6OS. The minimum absolute atomic E-state index is 0.0649. The maximum Gasteiger partial charge on any atom is 0.234 e. The second-order valence-electron chi connectivity index (χ2n) is 8.21. The van der Waals surface area contributed by atoms with Gasteiger partial charge in [0, 0.05) is 20.1 Å². The van der Waals surface area contributed by atoms with Crippen LogP contribution < -0.4 is 4.90 Å². The number of amides is 1. The number of carbonyl (C=O) groups excluding carboxylic acids is 1. The molecule has 9 heteroatoms. The second-order valence-corrected chi connectivity index (χ2v) is 9.56. The molecule has 1 aliphatic carbocycles. The SMILES string of the molecule is CN(C(=O)CSc1nnc(N2CCCC2)n1-c1ccccc1Cl)C1(C#N)CCCCC1. The first-order valence-corrected chi connectivity index (χ1v) is 12.2. The molecule has 164 valence electrons. The van der Waals surface area contributed by atoms with E-state index in [1.165, 1.54) is 11.8 Å². The van der Waals surface area contributed by atoms with E-state index in [-0.39, 0.29) is 11.7 Å². The van der Waals surface area contributed by atoms with Crippen LogP contribution in [-0.4, -0.2) is 57.0 Å². The number of carbonyl (C=O) groups is 1. The molecule has 0 spiro atoms. The van der Waals surface area contributed by atoms with Gasteiger partial charge in [-0.2, -0.15) is 5.26 Å². The largest absolute Gasteiger partial charge is 0.341 e. The topological polar surface area (TPSA) is 78.1 Å². The van der Waals surface area contributed by atoms with Crippen molar-refractivity contribution >= 4 is 35.2 Å². The molecule has 2 fully saturated rings. The van der Waals surface area contributed by atoms with Gasteiger partial charge in [0.05, 0.1) is 22.5 Å². The maximum absolute atomic E-state index is 13.0. The van der Waals surface area contributed by atoms with Gasteiger partial charge in [-0.1, -0.05) is 54.8 Å². The molecule has 2 aromatic rings. The summed E-state index contributed by atoms with van der Waals surface area (Å²) < 4.78 is 1.95. The zero-order valence-corrected chi connectivity index (χ0v) is 19.3. The fraction of sp³-hybridized carbons (Fsp3) is 0.545. The number of nitriles is 1. The van der Waals surface area contributed by atoms with Crippen LogP contribution in [0.3, 0.4) is 0 Å². The van der Waals surface area contributed by atoms with E-state index >= 15 is 0 Å². The molecule has 0 bridgehead atoms. The first kappa shape index (κ1) is 22.0. The lowest BCUT2D eigenvalue weighted by Crippen LogP contribution is -2.50. The Balaban J connectivity index is 1.57. The summed E-state index contributed by atoms with van der Waals surface area (Å²) in [4.78, 5) is 16.9. The van der Waals surface area contributed by atoms with Crippen molar-refractivity contribution in [3.8, 4) is 11.8 Å². The van der Waals surface area contributed by atoms with Gasteiger partial charge in [-0.05, 0) is 37.8 Å². The van der Waals surface area contributed by atoms with Crippen molar-refractivity contribution in [3.05, 3.63) is 29.3 Å². The van der Waals surface area contributed by atoms with E-state index in [1.54, 1.807) is 11.9 Å². The molecule has 2 heterocycles. The van der Waals surface area contributed by atoms with Gasteiger partial charge >= 0.3 is 0 Å². The Morgan fingerprint density at radius 1 is 1.19 bits per heavy atom. The van der Waals surface area contributed by atoms with Gasteiger partial charge in [0.2, 0.25) is 11.9 Å². The Morgan fingerprint density at radius 2 is 1.90 bits per heavy atom. The highest BCUT2D eigenvalue weighted by molar-refractivity contribution is 7.99. The van der Waals surface area contributed by atoms with E-state index in [0.717, 1.165) is 69.7 Å². The summed E-state index contributed by atoms with van der Waals surface area (Å²) in [6, 6.07) is 10.0. The number of aromatic nitrogens is 3. The van der Waals surface area contributed by atoms with Gasteiger partial charge in [0.25, 0.3) is 0 Å². The lowest BCUT2D eigenvalue weighted by molar-refractivity contribution is -0.131. The average Bonchev–Trinajstić information content (AvgIpc) is 3.47. The third-order valence-electron chi connectivity index (χ3n) is 6.33. The molecule has 1 saturated heterocycles. The molecule has 1 aromatic carbocycles. The van der Waals surface area contributed by atoms with E-state index in [9.17, 15) is 10.1 Å². The van der Waals surface area contributed by atoms with Crippen LogP contribution in [0.5, 0.6) is 0 Å². The molecule has 4 rings (SSSR count). The fourth-order valence-corrected chi connectivity index (χ4v) is 5.52. The number of benzene rings is 1. The molecule has 0 radical (unpaired) electrons. The fourth-order valence-electron chi connectivity index (χ4n) is 4.44. The summed E-state index contributed by atoms with van der Waals surface area (Å²) in [5.74, 6) is 0.891. The minimum atomic E-state index is -0.687. The normalized spacial score (nSPS) is 18.0. The van der Waals surface area contributed by atoms with E-state index < -0.39 is 5.54 Å². The Hall–Kier alpha value is -2.24. The van der Waals surface area contributed by atoms with Gasteiger partial charge < -0.3 is 9.80 Å². The summed E-state index contributed by atoms with van der Waals surface area (Å²) in [6.45, 7) is 1.86. The number of halogens is 1. The van der Waals surface area contributed by atoms with Crippen LogP contribution in [0.4, 0.5) is 5.95 Å². The zero-order valence-electron chi connectivity index (χ0n) is 17.8. The van der Waals surface area contributed by atoms with Crippen LogP contribution in [0, 0.1) is 11.3 Å². The van der Waals surface area contributed by atoms with E-state index in [4.69, 9.17) is 11.6 Å². The first-order chi connectivity index (χ1) is 15.1. The molecular weight excluding hydrogens is 432 g/mol. The lowest BCUT2D eigenvalue weighted by Gasteiger charge is -2.39. The Morgan fingerprint density at radius 3 is 2.58 bits per heavy atom. The highest BCUT2D eigenvalue weighted by atomic mass is 35.5. The van der Waals surface area contributed by atoms with Gasteiger partial charge in [0.1, 0.15) is 5.54 Å². The number of hydrogen-bond acceptors (Lipinski definition) is 6. The Labute approximate surface area is 192 Å². The summed E-state index contributed by atoms with van der Waals surface area (Å²) in [5, 5.41) is 19.9. The molecule has 1 amide bonds. The van der Waals surface area contributed by atoms with E-state index in [2.05, 4.69) is 21.2 Å². The average molecular weight is 459 g/mol. The molecule has 7 nitrogen and oxygen atoms in total. The first-order valence-electron chi connectivity index (χ1n) is 10.8. The van der Waals surface area contributed by atoms with Crippen molar-refractivity contribution in [2.75, 3.05) is 30.8 Å². The van der Waals surface area contributed by atoms with Crippen LogP contribution in [0.1, 0.15) is 44.9 Å². The van der Waals surface area contributed by atoms with Gasteiger partial charge in [-0.15, -0.1) is 10.2 Å². The van der Waals surface area contributed by atoms with Crippen LogP contribution in [0.15, 0.2) is 29.4 Å². The molecule has 0 unspecified atom stereocenters. The quantitative estimate of drug-likeness (QED) is 0.600. The summed E-state index contributed by atoms with van der Waals surface area (Å²) in [5.41, 5.74) is 0.118. The van der Waals surface area contributed by atoms with Crippen molar-refractivity contribution in [3.63, 3.8) is 0 Å². The molecule has 1 aliphatic heterocycles. The third kappa shape index (κ3) is 4.39. The summed E-state index contributed by atoms with van der Waals surface area (Å²) in [6.07, 6.45) is 6.82. The highest BCUT2D eigenvalue weighted by Crippen LogP contribution is 2.34. The zero-order chi connectivity index (χ0) is 21.8. The van der Waals surface area contributed by atoms with Crippen molar-refractivity contribution < 1.29 is 4.79 Å². The molecule has 2 aliphatic rings. The number of nitrogens with zero attached hydrogens (tertiary/aromatic N) is 6. The van der Waals surface area contributed by atoms with Crippen LogP contribution in [0.2, 0.25) is 5.02 Å². The van der Waals surface area contributed by atoms with Gasteiger partial charge in [-0.25, -0.2) is 0 Å². The number of thioether (sulfide) groups is 1. The summed E-state index contributed by atoms with van der Waals surface area (Å²) >= 11 is 7.85. The molecule has 1 aromatic heterocycles. The summed E-state index contributed by atoms with van der Waals surface area (Å²) in [7, 11) is 1.76. The van der Waals surface area contributed by atoms with Crippen molar-refractivity contribution in [2.24, 2.45) is 0 Å². The predicted molar refractivity (Wildman–Crippen MR) is 123 cm³/mol. The van der Waals surface area contributed by atoms with Crippen molar-refractivity contribution in [1.82, 2.24) is 19.7 Å². The van der Waals surface area contributed by atoms with Gasteiger partial charge in [0.15, 0.2) is 5.16 Å². The molecule has 31 heavy (non-hydrogen) atoms. The third-order valence-corrected chi connectivity index (χ3v) is 7.56. The lowest BCUT2D eigenvalue weighted by atomic mass is 9.81. The number of rotatable bonds is 6. The Bertz CT molecular complexity index is 975. The van der Waals surface area contributed by atoms with Crippen molar-refractivity contribution in [1.29, 1.82) is 5.26 Å². The smallest absolute Gasteiger partial charge is 0.234 e. The van der Waals surface area contributed by atoms with E-state index in [0.29, 0.717) is 10.2 Å². The maximum atomic E-state index is 13.0. The Kier molecular flexibility index (Phi) is 6.73. The number of anilines is 1. The highest BCUT2D eigenvalue weighted by Gasteiger charge is 2.38. The van der Waals surface area contributed by atoms with Crippen LogP contribution in [-0.2, 0) is 4.79 Å². The van der Waals surface area contributed by atoms with Crippen molar-refractivity contribution in [2.45, 2.75) is 55.6 Å². The second kappa shape index (κ2) is 9.49. The monoisotopic (exact) mass is 458 g/mol. The van der Waals surface area contributed by atoms with Crippen LogP contribution in [0.25, 0.3) is 5.69 Å². The molecule has 0 N–H and O–H groups in total. The van der Waals surface area contributed by atoms with E-state index in [1.807, 2.05) is 28.8 Å². The standard InChI is InChI=1S/C22H27ClN6OS/c1-27(22(16-24)11-5-2-6-12-22)19(30)15-31-21-26-25-20(28-13-7-8-14-28)29(21)18-10-4-3-9-17(18)23/h3-4,9-10H,2,5-8,11-15H2,1H3. The van der Waals surface area contributed by atoms with Crippen LogP contribution >= 0.6 is 23.4 Å². The molecule has 1 saturated carbocycles. The number of hydrogen-bond donors (Lipinski definition) is 0. The molecule has 0 atom stereocenters. The predicted octanol–water partition coefficient (Wildman–Crippen LogP) is 4.30. The number of para-hydroxylation sites is 1. The minimum Gasteiger partial charge on any atom is -0.341 e.